The van der Waals surface area contributed by atoms with Gasteiger partial charge in [-0.15, -0.1) is 0 Å². The first-order valence-corrected chi connectivity index (χ1v) is 7.89. The summed E-state index contributed by atoms with van der Waals surface area (Å²) >= 11 is 0. The molecule has 0 bridgehead atoms. The van der Waals surface area contributed by atoms with E-state index < -0.39 is 11.4 Å². The molecule has 1 aliphatic carbocycles. The van der Waals surface area contributed by atoms with Gasteiger partial charge in [0.2, 0.25) is 5.91 Å². The average molecular weight is 293 g/mol. The molecule has 2 heterocycles. The topological polar surface area (TPSA) is 66.8 Å². The van der Waals surface area contributed by atoms with Crippen molar-refractivity contribution in [2.45, 2.75) is 38.5 Å². The first-order valence-electron chi connectivity index (χ1n) is 7.89. The number of rotatable bonds is 3. The molecule has 116 valence electrons. The number of allylic oxidation sites excluding steroid dienone is 1. The van der Waals surface area contributed by atoms with E-state index in [1.807, 2.05) is 0 Å². The minimum Gasteiger partial charge on any atom is -0.481 e. The molecule has 0 aromatic rings. The van der Waals surface area contributed by atoms with Crippen LogP contribution in [0.4, 0.5) is 0 Å². The highest BCUT2D eigenvalue weighted by molar-refractivity contribution is 5.82. The number of hydrogen-bond donors (Lipinski definition) is 1. The minimum absolute atomic E-state index is 0.0620. The molecule has 0 unspecified atom stereocenters. The van der Waals surface area contributed by atoms with Crippen molar-refractivity contribution in [2.24, 2.45) is 11.3 Å². The summed E-state index contributed by atoms with van der Waals surface area (Å²) in [5.74, 6) is -0.755. The molecule has 5 nitrogen and oxygen atoms in total. The van der Waals surface area contributed by atoms with Crippen LogP contribution in [0.5, 0.6) is 0 Å². The maximum atomic E-state index is 12.5. The van der Waals surface area contributed by atoms with Crippen LogP contribution in [0, 0.1) is 11.3 Å². The highest BCUT2D eigenvalue weighted by Crippen LogP contribution is 2.42. The second kappa shape index (κ2) is 5.79. The van der Waals surface area contributed by atoms with Crippen LogP contribution >= 0.6 is 0 Å². The van der Waals surface area contributed by atoms with Crippen molar-refractivity contribution < 1.29 is 19.4 Å². The van der Waals surface area contributed by atoms with Crippen LogP contribution < -0.4 is 0 Å². The number of fused-ring (bicyclic) bond motifs is 1. The van der Waals surface area contributed by atoms with Gasteiger partial charge in [-0.1, -0.05) is 11.6 Å². The maximum absolute atomic E-state index is 12.5. The second-order valence-corrected chi connectivity index (χ2v) is 6.54. The molecule has 0 spiro atoms. The summed E-state index contributed by atoms with van der Waals surface area (Å²) in [7, 11) is 0. The van der Waals surface area contributed by atoms with E-state index in [1.165, 1.54) is 12.0 Å². The highest BCUT2D eigenvalue weighted by atomic mass is 16.5. The standard InChI is InChI=1S/C16H23NO4/c18-14(8-12-4-2-1-3-5-12)17-9-13-10-21-7-6-16(13,11-17)15(19)20/h4,13H,1-3,5-11H2,(H,19,20)/t13-,16+/m0/s1. The van der Waals surface area contributed by atoms with Crippen LogP contribution in [0.2, 0.25) is 0 Å². The fraction of sp³-hybridized carbons (Fsp3) is 0.750. The van der Waals surface area contributed by atoms with Gasteiger partial charge in [0.15, 0.2) is 0 Å². The number of nitrogens with zero attached hydrogens (tertiary/aromatic N) is 1. The molecule has 1 amide bonds. The molecule has 0 aromatic heterocycles. The molecule has 0 saturated carbocycles. The lowest BCUT2D eigenvalue weighted by Gasteiger charge is -2.33. The molecule has 2 fully saturated rings. The lowest BCUT2D eigenvalue weighted by molar-refractivity contribution is -0.157. The monoisotopic (exact) mass is 293 g/mol. The number of carbonyl (C=O) groups is 2. The van der Waals surface area contributed by atoms with E-state index in [4.69, 9.17) is 4.74 Å². The van der Waals surface area contributed by atoms with Gasteiger partial charge in [0.05, 0.1) is 12.0 Å². The first kappa shape index (κ1) is 14.6. The molecule has 21 heavy (non-hydrogen) atoms. The summed E-state index contributed by atoms with van der Waals surface area (Å²) in [6, 6.07) is 0. The van der Waals surface area contributed by atoms with E-state index in [1.54, 1.807) is 4.90 Å². The van der Waals surface area contributed by atoms with Crippen LogP contribution in [0.25, 0.3) is 0 Å². The molecule has 2 atom stereocenters. The van der Waals surface area contributed by atoms with Crippen molar-refractivity contribution in [1.29, 1.82) is 0 Å². The van der Waals surface area contributed by atoms with Gasteiger partial charge in [-0.25, -0.2) is 0 Å². The van der Waals surface area contributed by atoms with Gasteiger partial charge in [0, 0.05) is 32.0 Å². The zero-order valence-corrected chi connectivity index (χ0v) is 12.3. The van der Waals surface area contributed by atoms with Crippen molar-refractivity contribution in [2.75, 3.05) is 26.3 Å². The molecule has 2 saturated heterocycles. The van der Waals surface area contributed by atoms with Crippen LogP contribution in [0.1, 0.15) is 38.5 Å². The molecule has 1 N–H and O–H groups in total. The number of carboxylic acid groups (broad SMARTS) is 1. The molecule has 2 aliphatic heterocycles. The number of hydrogen-bond acceptors (Lipinski definition) is 3. The van der Waals surface area contributed by atoms with Crippen molar-refractivity contribution in [3.05, 3.63) is 11.6 Å². The van der Waals surface area contributed by atoms with E-state index in [-0.39, 0.29) is 11.8 Å². The average Bonchev–Trinajstić information content (AvgIpc) is 2.89. The molecule has 0 radical (unpaired) electrons. The lowest BCUT2D eigenvalue weighted by Crippen LogP contribution is -2.45. The number of ether oxygens (including phenoxy) is 1. The Balaban J connectivity index is 1.68. The predicted molar refractivity (Wildman–Crippen MR) is 76.7 cm³/mol. The Hall–Kier alpha value is -1.36. The molecular weight excluding hydrogens is 270 g/mol. The summed E-state index contributed by atoms with van der Waals surface area (Å²) in [4.78, 5) is 25.9. The zero-order chi connectivity index (χ0) is 14.9. The largest absolute Gasteiger partial charge is 0.481 e. The summed E-state index contributed by atoms with van der Waals surface area (Å²) in [6.07, 6.45) is 7.61. The number of carboxylic acids is 1. The van der Waals surface area contributed by atoms with Crippen molar-refractivity contribution in [3.8, 4) is 0 Å². The van der Waals surface area contributed by atoms with Crippen LogP contribution in [0.3, 0.4) is 0 Å². The number of amides is 1. The Morgan fingerprint density at radius 3 is 2.95 bits per heavy atom. The third-order valence-corrected chi connectivity index (χ3v) is 5.25. The number of carbonyl (C=O) groups excluding carboxylic acids is 1. The van der Waals surface area contributed by atoms with Crippen LogP contribution in [0.15, 0.2) is 11.6 Å². The smallest absolute Gasteiger partial charge is 0.311 e. The highest BCUT2D eigenvalue weighted by Gasteiger charge is 2.54. The van der Waals surface area contributed by atoms with E-state index in [2.05, 4.69) is 6.08 Å². The molecular formula is C16H23NO4. The summed E-state index contributed by atoms with van der Waals surface area (Å²) in [6.45, 7) is 1.82. The third-order valence-electron chi connectivity index (χ3n) is 5.25. The third kappa shape index (κ3) is 2.71. The summed E-state index contributed by atoms with van der Waals surface area (Å²) < 4.78 is 5.42. The molecule has 3 aliphatic rings. The van der Waals surface area contributed by atoms with Gasteiger partial charge in [0.1, 0.15) is 0 Å². The molecule has 5 heteroatoms. The van der Waals surface area contributed by atoms with E-state index in [9.17, 15) is 14.7 Å². The van der Waals surface area contributed by atoms with Crippen LogP contribution in [-0.4, -0.2) is 48.2 Å². The fourth-order valence-electron chi connectivity index (χ4n) is 3.86. The van der Waals surface area contributed by atoms with Gasteiger partial charge in [-0.2, -0.15) is 0 Å². The van der Waals surface area contributed by atoms with Gasteiger partial charge < -0.3 is 14.7 Å². The van der Waals surface area contributed by atoms with Crippen molar-refractivity contribution >= 4 is 11.9 Å². The SMILES string of the molecule is O=C(CC1=CCCCC1)N1C[C@H]2COCC[C@@]2(C(=O)O)C1. The number of aliphatic carboxylic acids is 1. The van der Waals surface area contributed by atoms with Crippen molar-refractivity contribution in [3.63, 3.8) is 0 Å². The minimum atomic E-state index is -0.783. The zero-order valence-electron chi connectivity index (χ0n) is 12.3. The summed E-state index contributed by atoms with van der Waals surface area (Å²) in [5, 5.41) is 9.62. The maximum Gasteiger partial charge on any atom is 0.311 e. The lowest BCUT2D eigenvalue weighted by atomic mass is 9.74. The number of likely N-dealkylation sites (tertiary alicyclic amines) is 1. The van der Waals surface area contributed by atoms with Gasteiger partial charge in [-0.05, 0) is 32.1 Å². The van der Waals surface area contributed by atoms with E-state index in [0.29, 0.717) is 39.1 Å². The van der Waals surface area contributed by atoms with Crippen LogP contribution in [-0.2, 0) is 14.3 Å². The quantitative estimate of drug-likeness (QED) is 0.806. The van der Waals surface area contributed by atoms with E-state index >= 15 is 0 Å². The molecule has 0 aromatic carbocycles. The van der Waals surface area contributed by atoms with Gasteiger partial charge >= 0.3 is 5.97 Å². The fourth-order valence-corrected chi connectivity index (χ4v) is 3.86. The Kier molecular flexibility index (Phi) is 4.02. The Morgan fingerprint density at radius 1 is 1.43 bits per heavy atom. The first-order chi connectivity index (χ1) is 10.1. The Morgan fingerprint density at radius 2 is 2.29 bits per heavy atom. The van der Waals surface area contributed by atoms with Crippen molar-refractivity contribution in [1.82, 2.24) is 4.90 Å². The van der Waals surface area contributed by atoms with Gasteiger partial charge in [0.25, 0.3) is 0 Å². The molecule has 3 rings (SSSR count). The Bertz CT molecular complexity index is 473. The normalized spacial score (nSPS) is 32.5. The van der Waals surface area contributed by atoms with E-state index in [0.717, 1.165) is 19.3 Å². The second-order valence-electron chi connectivity index (χ2n) is 6.54. The summed E-state index contributed by atoms with van der Waals surface area (Å²) in [5.41, 5.74) is 0.441. The predicted octanol–water partition coefficient (Wildman–Crippen LogP) is 1.83. The Labute approximate surface area is 124 Å². The van der Waals surface area contributed by atoms with Gasteiger partial charge in [-0.3, -0.25) is 9.59 Å².